The summed E-state index contributed by atoms with van der Waals surface area (Å²) in [5, 5.41) is 5.41. The topological polar surface area (TPSA) is 82.9 Å². The van der Waals surface area contributed by atoms with Crippen LogP contribution in [0.3, 0.4) is 0 Å². The summed E-state index contributed by atoms with van der Waals surface area (Å²) in [6.45, 7) is 6.57. The lowest BCUT2D eigenvalue weighted by molar-refractivity contribution is 0.0178. The quantitative estimate of drug-likeness (QED) is 0.210. The molecule has 2 heterocycles. The Balaban J connectivity index is 1.31. The number of nitrogens with zero attached hydrogens (tertiary/aromatic N) is 3. The Morgan fingerprint density at radius 2 is 1.72 bits per heavy atom. The average molecular weight is 564 g/mol. The van der Waals surface area contributed by atoms with Crippen molar-refractivity contribution >= 4 is 45.9 Å². The van der Waals surface area contributed by atoms with E-state index < -0.39 is 5.97 Å². The highest BCUT2D eigenvalue weighted by Crippen LogP contribution is 2.35. The van der Waals surface area contributed by atoms with E-state index in [0.717, 1.165) is 16.9 Å². The first kappa shape index (κ1) is 26.9. The molecule has 0 bridgehead atoms. The Kier molecular flexibility index (Phi) is 8.00. The lowest BCUT2D eigenvalue weighted by Gasteiger charge is -2.23. The van der Waals surface area contributed by atoms with E-state index in [1.54, 1.807) is 25.1 Å². The van der Waals surface area contributed by atoms with Crippen molar-refractivity contribution in [2.75, 3.05) is 13.2 Å². The highest BCUT2D eigenvalue weighted by Gasteiger charge is 2.39. The molecule has 0 amide bonds. The van der Waals surface area contributed by atoms with E-state index >= 15 is 0 Å². The van der Waals surface area contributed by atoms with Gasteiger partial charge in [-0.3, -0.25) is 4.98 Å². The van der Waals surface area contributed by atoms with E-state index in [-0.39, 0.29) is 30.2 Å². The van der Waals surface area contributed by atoms with E-state index in [1.165, 1.54) is 6.20 Å². The Morgan fingerprint density at radius 1 is 1.00 bits per heavy atom. The third kappa shape index (κ3) is 5.70. The third-order valence-corrected chi connectivity index (χ3v) is 7.17. The maximum Gasteiger partial charge on any atom is 0.358 e. The summed E-state index contributed by atoms with van der Waals surface area (Å²) < 4.78 is 11.2. The summed E-state index contributed by atoms with van der Waals surface area (Å²) >= 11 is 13.0. The van der Waals surface area contributed by atoms with Crippen LogP contribution in [0.5, 0.6) is 5.75 Å². The van der Waals surface area contributed by atoms with Gasteiger partial charge in [0.1, 0.15) is 24.2 Å². The second-order valence-corrected chi connectivity index (χ2v) is 10.3. The van der Waals surface area contributed by atoms with Crippen molar-refractivity contribution in [3.8, 4) is 16.9 Å². The number of halogens is 2. The molecule has 1 aliphatic heterocycles. The van der Waals surface area contributed by atoms with Crippen molar-refractivity contribution < 1.29 is 19.1 Å². The number of carbonyl (C=O) groups is 1. The van der Waals surface area contributed by atoms with Crippen LogP contribution in [0, 0.1) is 11.8 Å². The number of hydrogen-bond acceptors (Lipinski definition) is 7. The fourth-order valence-corrected chi connectivity index (χ4v) is 5.16. The van der Waals surface area contributed by atoms with Gasteiger partial charge in [0.05, 0.1) is 39.8 Å². The van der Waals surface area contributed by atoms with E-state index in [9.17, 15) is 4.79 Å². The Bertz CT molecular complexity index is 1520. The first-order chi connectivity index (χ1) is 18.9. The number of ether oxygens (including phenoxy) is 2. The highest BCUT2D eigenvalue weighted by molar-refractivity contribution is 6.40. The fraction of sp³-hybridized carbons (Fsp3) is 0.267. The number of aromatic nitrogens is 2. The summed E-state index contributed by atoms with van der Waals surface area (Å²) in [5.74, 6) is 0.315. The zero-order valence-corrected chi connectivity index (χ0v) is 23.2. The maximum absolute atomic E-state index is 12.0. The molecule has 0 spiro atoms. The van der Waals surface area contributed by atoms with Crippen LogP contribution in [0.1, 0.15) is 36.8 Å². The van der Waals surface area contributed by atoms with E-state index in [2.05, 4.69) is 29.0 Å². The molecular weight excluding hydrogens is 537 g/mol. The van der Waals surface area contributed by atoms with Gasteiger partial charge in [0.2, 0.25) is 0 Å². The fourth-order valence-electron chi connectivity index (χ4n) is 4.57. The van der Waals surface area contributed by atoms with Crippen LogP contribution in [-0.4, -0.2) is 41.0 Å². The van der Waals surface area contributed by atoms with Crippen LogP contribution in [0.25, 0.3) is 22.2 Å². The molecule has 2 unspecified atom stereocenters. The number of fused-ring (bicyclic) bond motifs is 1. The lowest BCUT2D eigenvalue weighted by Crippen LogP contribution is -2.33. The van der Waals surface area contributed by atoms with Gasteiger partial charge in [0.25, 0.3) is 0 Å². The second kappa shape index (κ2) is 11.6. The minimum atomic E-state index is -0.483. The van der Waals surface area contributed by atoms with Gasteiger partial charge in [-0.2, -0.15) is 0 Å². The molecule has 0 fully saturated rings. The SMILES string of the molecule is CCOC(=O)c1cnc2cc(-c3ccc(OCC4C(c5c(Cl)cccc5Cl)=NOC4C(C)C)cc3)ccc2n1. The molecule has 9 heteroatoms. The zero-order chi connectivity index (χ0) is 27.5. The summed E-state index contributed by atoms with van der Waals surface area (Å²) in [6.07, 6.45) is 1.28. The number of hydrogen-bond donors (Lipinski definition) is 0. The minimum Gasteiger partial charge on any atom is -0.493 e. The van der Waals surface area contributed by atoms with Crippen LogP contribution in [0.15, 0.2) is 72.0 Å². The first-order valence-electron chi connectivity index (χ1n) is 12.7. The predicted molar refractivity (Wildman–Crippen MR) is 153 cm³/mol. The van der Waals surface area contributed by atoms with Crippen molar-refractivity contribution in [3.05, 3.63) is 88.2 Å². The van der Waals surface area contributed by atoms with Crippen LogP contribution < -0.4 is 4.74 Å². The average Bonchev–Trinajstić information content (AvgIpc) is 3.35. The van der Waals surface area contributed by atoms with Gasteiger partial charge in [0, 0.05) is 5.56 Å². The van der Waals surface area contributed by atoms with Crippen LogP contribution in [-0.2, 0) is 9.57 Å². The predicted octanol–water partition coefficient (Wildman–Crippen LogP) is 7.23. The summed E-state index contributed by atoms with van der Waals surface area (Å²) in [4.78, 5) is 26.5. The number of benzene rings is 3. The van der Waals surface area contributed by atoms with Crippen molar-refractivity contribution in [1.29, 1.82) is 0 Å². The van der Waals surface area contributed by atoms with Gasteiger partial charge in [-0.25, -0.2) is 9.78 Å². The van der Waals surface area contributed by atoms with Gasteiger partial charge in [-0.1, -0.05) is 66.5 Å². The Hall–Kier alpha value is -3.68. The van der Waals surface area contributed by atoms with E-state index in [0.29, 0.717) is 39.0 Å². The number of rotatable bonds is 8. The van der Waals surface area contributed by atoms with Crippen molar-refractivity contribution in [3.63, 3.8) is 0 Å². The Morgan fingerprint density at radius 3 is 2.41 bits per heavy atom. The van der Waals surface area contributed by atoms with Crippen molar-refractivity contribution in [1.82, 2.24) is 9.97 Å². The van der Waals surface area contributed by atoms with Gasteiger partial charge >= 0.3 is 5.97 Å². The molecule has 0 saturated heterocycles. The zero-order valence-electron chi connectivity index (χ0n) is 21.7. The second-order valence-electron chi connectivity index (χ2n) is 9.51. The van der Waals surface area contributed by atoms with Gasteiger partial charge in [0.15, 0.2) is 5.69 Å². The number of carbonyl (C=O) groups excluding carboxylic acids is 1. The van der Waals surface area contributed by atoms with Crippen molar-refractivity contribution in [2.45, 2.75) is 26.9 Å². The molecule has 1 aromatic heterocycles. The molecule has 7 nitrogen and oxygen atoms in total. The normalized spacial score (nSPS) is 16.7. The van der Waals surface area contributed by atoms with Gasteiger partial charge < -0.3 is 14.3 Å². The first-order valence-corrected chi connectivity index (χ1v) is 13.5. The third-order valence-electron chi connectivity index (χ3n) is 6.54. The van der Waals surface area contributed by atoms with Crippen LogP contribution >= 0.6 is 23.2 Å². The smallest absolute Gasteiger partial charge is 0.358 e. The number of esters is 1. The van der Waals surface area contributed by atoms with Crippen LogP contribution in [0.4, 0.5) is 0 Å². The molecule has 0 N–H and O–H groups in total. The van der Waals surface area contributed by atoms with E-state index in [4.69, 9.17) is 37.5 Å². The molecule has 2 atom stereocenters. The van der Waals surface area contributed by atoms with Crippen LogP contribution in [0.2, 0.25) is 10.0 Å². The molecule has 5 rings (SSSR count). The molecule has 39 heavy (non-hydrogen) atoms. The highest BCUT2D eigenvalue weighted by atomic mass is 35.5. The summed E-state index contributed by atoms with van der Waals surface area (Å²) in [6, 6.07) is 18.9. The van der Waals surface area contributed by atoms with E-state index in [1.807, 2.05) is 42.5 Å². The number of oxime groups is 1. The van der Waals surface area contributed by atoms with Gasteiger partial charge in [-0.15, -0.1) is 0 Å². The maximum atomic E-state index is 12.0. The molecular formula is C30H27Cl2N3O4. The monoisotopic (exact) mass is 563 g/mol. The minimum absolute atomic E-state index is 0.138. The molecule has 0 aliphatic carbocycles. The largest absolute Gasteiger partial charge is 0.493 e. The van der Waals surface area contributed by atoms with Gasteiger partial charge in [-0.05, 0) is 60.4 Å². The Labute approximate surface area is 236 Å². The summed E-state index contributed by atoms with van der Waals surface area (Å²) in [7, 11) is 0. The van der Waals surface area contributed by atoms with Crippen molar-refractivity contribution in [2.24, 2.45) is 17.0 Å². The molecule has 0 saturated carbocycles. The molecule has 1 aliphatic rings. The molecule has 0 radical (unpaired) electrons. The summed E-state index contributed by atoms with van der Waals surface area (Å²) in [5.41, 5.74) is 4.85. The standard InChI is InChI=1S/C30H27Cl2N3O4/c1-4-37-30(36)26-15-33-25-14-19(10-13-24(25)34-26)18-8-11-20(12-9-18)38-16-21-28(35-39-29(21)17(2)3)27-22(31)6-5-7-23(27)32/h5-15,17,21,29H,4,16H2,1-3H3. The molecule has 200 valence electrons. The molecule has 3 aromatic carbocycles. The lowest BCUT2D eigenvalue weighted by atomic mass is 9.87. The molecule has 4 aromatic rings.